The number of nitrogens with zero attached hydrogens (tertiary/aromatic N) is 4. The van der Waals surface area contributed by atoms with Gasteiger partial charge in [-0.1, -0.05) is 30.3 Å². The van der Waals surface area contributed by atoms with E-state index < -0.39 is 0 Å². The number of pyridine rings is 1. The van der Waals surface area contributed by atoms with Crippen molar-refractivity contribution in [3.8, 4) is 11.1 Å². The number of likely N-dealkylation sites (tertiary alicyclic amines) is 1. The van der Waals surface area contributed by atoms with Gasteiger partial charge in [-0.05, 0) is 57.1 Å². The molecule has 3 aromatic rings. The Balaban J connectivity index is 1.57. The fourth-order valence-corrected chi connectivity index (χ4v) is 3.81. The highest BCUT2D eigenvalue weighted by molar-refractivity contribution is 5.95. The molecule has 140 valence electrons. The Bertz CT molecular complexity index is 942. The predicted molar refractivity (Wildman–Crippen MR) is 106 cm³/mol. The van der Waals surface area contributed by atoms with Crippen LogP contribution in [0.1, 0.15) is 18.5 Å². The van der Waals surface area contributed by atoms with Gasteiger partial charge < -0.3 is 10.2 Å². The van der Waals surface area contributed by atoms with E-state index in [4.69, 9.17) is 0 Å². The van der Waals surface area contributed by atoms with Crippen LogP contribution in [0.4, 0.5) is 0 Å². The number of nitrogens with one attached hydrogen (secondary N) is 1. The summed E-state index contributed by atoms with van der Waals surface area (Å²) in [5, 5.41) is 8.77. The second-order valence-corrected chi connectivity index (χ2v) is 7.31. The summed E-state index contributed by atoms with van der Waals surface area (Å²) in [6.45, 7) is 4.22. The zero-order valence-electron chi connectivity index (χ0n) is 15.9. The van der Waals surface area contributed by atoms with Gasteiger partial charge in [-0.2, -0.15) is 5.10 Å². The minimum atomic E-state index is 0.000803. The quantitative estimate of drug-likeness (QED) is 0.774. The van der Waals surface area contributed by atoms with E-state index in [-0.39, 0.29) is 18.5 Å². The van der Waals surface area contributed by atoms with Gasteiger partial charge in [0.2, 0.25) is 5.91 Å². The smallest absolute Gasteiger partial charge is 0.242 e. The van der Waals surface area contributed by atoms with Gasteiger partial charge in [-0.15, -0.1) is 0 Å². The van der Waals surface area contributed by atoms with Crippen molar-refractivity contribution in [1.82, 2.24) is 25.0 Å². The minimum absolute atomic E-state index is 0.000803. The minimum Gasteiger partial charge on any atom is -0.352 e. The summed E-state index contributed by atoms with van der Waals surface area (Å²) in [6, 6.07) is 12.5. The Morgan fingerprint density at radius 3 is 2.67 bits per heavy atom. The molecule has 0 radical (unpaired) electrons. The summed E-state index contributed by atoms with van der Waals surface area (Å²) in [4.78, 5) is 19.4. The standard InChI is InChI=1S/C21H25N5O/c1-15-20-18(16-6-4-3-5-7-16)8-11-22-21(20)26(24-15)14-19(27)23-17-9-12-25(2)13-10-17/h3-8,11,17H,9-10,12-14H2,1-2H3,(H,23,27). The van der Waals surface area contributed by atoms with Gasteiger partial charge in [-0.3, -0.25) is 4.79 Å². The monoisotopic (exact) mass is 363 g/mol. The third kappa shape index (κ3) is 3.71. The van der Waals surface area contributed by atoms with E-state index in [1.165, 1.54) is 0 Å². The van der Waals surface area contributed by atoms with Crippen molar-refractivity contribution in [3.05, 3.63) is 48.3 Å². The first kappa shape index (κ1) is 17.7. The number of rotatable bonds is 4. The van der Waals surface area contributed by atoms with Gasteiger partial charge in [0.15, 0.2) is 5.65 Å². The highest BCUT2D eigenvalue weighted by Gasteiger charge is 2.20. The Morgan fingerprint density at radius 2 is 1.93 bits per heavy atom. The average molecular weight is 363 g/mol. The Morgan fingerprint density at radius 1 is 1.19 bits per heavy atom. The molecular weight excluding hydrogens is 338 g/mol. The van der Waals surface area contributed by atoms with Crippen molar-refractivity contribution in [3.63, 3.8) is 0 Å². The molecule has 0 aliphatic carbocycles. The molecule has 0 atom stereocenters. The van der Waals surface area contributed by atoms with Crippen molar-refractivity contribution in [2.45, 2.75) is 32.4 Å². The number of fused-ring (bicyclic) bond motifs is 1. The average Bonchev–Trinajstić information content (AvgIpc) is 3.00. The molecule has 1 aromatic carbocycles. The van der Waals surface area contributed by atoms with Crippen LogP contribution in [0.5, 0.6) is 0 Å². The van der Waals surface area contributed by atoms with Gasteiger partial charge in [0.25, 0.3) is 0 Å². The van der Waals surface area contributed by atoms with Crippen LogP contribution in [0.3, 0.4) is 0 Å². The van der Waals surface area contributed by atoms with Crippen LogP contribution in [0.25, 0.3) is 22.2 Å². The number of aryl methyl sites for hydroxylation is 1. The fraction of sp³-hybridized carbons (Fsp3) is 0.381. The summed E-state index contributed by atoms with van der Waals surface area (Å²) < 4.78 is 1.72. The molecule has 27 heavy (non-hydrogen) atoms. The van der Waals surface area contributed by atoms with Crippen LogP contribution >= 0.6 is 0 Å². The van der Waals surface area contributed by atoms with Crippen molar-refractivity contribution in [2.24, 2.45) is 0 Å². The molecule has 1 aliphatic heterocycles. The lowest BCUT2D eigenvalue weighted by atomic mass is 10.0. The lowest BCUT2D eigenvalue weighted by Crippen LogP contribution is -2.44. The van der Waals surface area contributed by atoms with E-state index in [0.29, 0.717) is 0 Å². The van der Waals surface area contributed by atoms with Crippen LogP contribution < -0.4 is 5.32 Å². The van der Waals surface area contributed by atoms with E-state index in [0.717, 1.165) is 53.8 Å². The molecule has 4 rings (SSSR count). The second kappa shape index (κ2) is 7.48. The number of amides is 1. The van der Waals surface area contributed by atoms with Gasteiger partial charge in [0, 0.05) is 17.6 Å². The van der Waals surface area contributed by atoms with Crippen molar-refractivity contribution in [2.75, 3.05) is 20.1 Å². The molecule has 1 aliphatic rings. The van der Waals surface area contributed by atoms with E-state index >= 15 is 0 Å². The number of hydrogen-bond acceptors (Lipinski definition) is 4. The largest absolute Gasteiger partial charge is 0.352 e. The maximum absolute atomic E-state index is 12.6. The van der Waals surface area contributed by atoms with Crippen LogP contribution in [-0.4, -0.2) is 51.8 Å². The Kier molecular flexibility index (Phi) is 4.90. The molecule has 1 amide bonds. The molecule has 6 nitrogen and oxygen atoms in total. The molecule has 1 N–H and O–H groups in total. The lowest BCUT2D eigenvalue weighted by molar-refractivity contribution is -0.122. The number of carbonyl (C=O) groups is 1. The van der Waals surface area contributed by atoms with Gasteiger partial charge in [-0.25, -0.2) is 9.67 Å². The zero-order valence-corrected chi connectivity index (χ0v) is 15.9. The van der Waals surface area contributed by atoms with E-state index in [1.807, 2.05) is 31.2 Å². The van der Waals surface area contributed by atoms with Crippen molar-refractivity contribution < 1.29 is 4.79 Å². The third-order valence-electron chi connectivity index (χ3n) is 5.27. The molecule has 1 saturated heterocycles. The fourth-order valence-electron chi connectivity index (χ4n) is 3.81. The molecule has 0 spiro atoms. The number of piperidine rings is 1. The first-order valence-electron chi connectivity index (χ1n) is 9.47. The van der Waals surface area contributed by atoms with E-state index in [1.54, 1.807) is 10.9 Å². The number of carbonyl (C=O) groups excluding carboxylic acids is 1. The van der Waals surface area contributed by atoms with E-state index in [2.05, 4.69) is 39.5 Å². The van der Waals surface area contributed by atoms with Crippen LogP contribution in [-0.2, 0) is 11.3 Å². The molecule has 0 unspecified atom stereocenters. The van der Waals surface area contributed by atoms with Gasteiger partial charge in [0.05, 0.1) is 5.69 Å². The lowest BCUT2D eigenvalue weighted by Gasteiger charge is -2.29. The van der Waals surface area contributed by atoms with Crippen LogP contribution in [0.15, 0.2) is 42.6 Å². The Hall–Kier alpha value is -2.73. The number of benzene rings is 1. The Labute approximate surface area is 159 Å². The molecule has 3 heterocycles. The van der Waals surface area contributed by atoms with Crippen LogP contribution in [0, 0.1) is 6.92 Å². The summed E-state index contributed by atoms with van der Waals surface area (Å²) in [7, 11) is 2.12. The summed E-state index contributed by atoms with van der Waals surface area (Å²) >= 11 is 0. The van der Waals surface area contributed by atoms with Crippen molar-refractivity contribution >= 4 is 16.9 Å². The molecule has 2 aromatic heterocycles. The summed E-state index contributed by atoms with van der Waals surface area (Å²) in [6.07, 6.45) is 3.78. The molecule has 1 fully saturated rings. The maximum atomic E-state index is 12.6. The van der Waals surface area contributed by atoms with Gasteiger partial charge in [0.1, 0.15) is 6.54 Å². The molecule has 0 bridgehead atoms. The predicted octanol–water partition coefficient (Wildman–Crippen LogP) is 2.62. The zero-order chi connectivity index (χ0) is 18.8. The van der Waals surface area contributed by atoms with Crippen molar-refractivity contribution in [1.29, 1.82) is 0 Å². The highest BCUT2D eigenvalue weighted by atomic mass is 16.2. The first-order valence-corrected chi connectivity index (χ1v) is 9.47. The number of hydrogen-bond donors (Lipinski definition) is 1. The van der Waals surface area contributed by atoms with Gasteiger partial charge >= 0.3 is 0 Å². The first-order chi connectivity index (χ1) is 13.1. The highest BCUT2D eigenvalue weighted by Crippen LogP contribution is 2.29. The molecular formula is C21H25N5O. The summed E-state index contributed by atoms with van der Waals surface area (Å²) in [5.74, 6) is 0.000803. The molecule has 6 heteroatoms. The molecule has 0 saturated carbocycles. The van der Waals surface area contributed by atoms with E-state index in [9.17, 15) is 4.79 Å². The maximum Gasteiger partial charge on any atom is 0.242 e. The topological polar surface area (TPSA) is 63.1 Å². The summed E-state index contributed by atoms with van der Waals surface area (Å²) in [5.41, 5.74) is 3.87. The third-order valence-corrected chi connectivity index (χ3v) is 5.27. The van der Waals surface area contributed by atoms with Crippen LogP contribution in [0.2, 0.25) is 0 Å². The normalized spacial score (nSPS) is 15.9. The SMILES string of the molecule is Cc1nn(CC(=O)NC2CCN(C)CC2)c2nccc(-c3ccccc3)c12. The second-order valence-electron chi connectivity index (χ2n) is 7.31. The number of aromatic nitrogens is 3.